The van der Waals surface area contributed by atoms with Crippen molar-refractivity contribution in [1.29, 1.82) is 0 Å². The van der Waals surface area contributed by atoms with E-state index >= 15 is 0 Å². The molecule has 0 aliphatic heterocycles. The molecule has 26 heavy (non-hydrogen) atoms. The second-order valence-electron chi connectivity index (χ2n) is 5.55. The summed E-state index contributed by atoms with van der Waals surface area (Å²) in [5.41, 5.74) is 7.93. The van der Waals surface area contributed by atoms with Crippen LogP contribution in [0.25, 0.3) is 0 Å². The highest BCUT2D eigenvalue weighted by atomic mass is 16.5. The van der Waals surface area contributed by atoms with E-state index in [4.69, 9.17) is 10.5 Å². The van der Waals surface area contributed by atoms with Gasteiger partial charge in [0.15, 0.2) is 12.4 Å². The molecule has 0 aliphatic rings. The lowest BCUT2D eigenvalue weighted by Gasteiger charge is -2.08. The van der Waals surface area contributed by atoms with Crippen LogP contribution in [0.15, 0.2) is 73.1 Å². The van der Waals surface area contributed by atoms with Crippen molar-refractivity contribution in [1.82, 2.24) is 4.98 Å². The number of anilines is 2. The van der Waals surface area contributed by atoms with Gasteiger partial charge in [0.2, 0.25) is 0 Å². The average Bonchev–Trinajstić information content (AvgIpc) is 2.68. The van der Waals surface area contributed by atoms with Crippen molar-refractivity contribution in [2.75, 3.05) is 17.7 Å². The number of carbonyl (C=O) groups is 2. The van der Waals surface area contributed by atoms with Gasteiger partial charge in [0.05, 0.1) is 11.9 Å². The fraction of sp³-hybridized carbons (Fsp3) is 0.0500. The SMILES string of the molecule is Nc1ccc(C(=O)c2ccc(OCC(=O)Nc3cccnc3)cc2)cc1. The van der Waals surface area contributed by atoms with Gasteiger partial charge in [0, 0.05) is 23.0 Å². The number of amides is 1. The van der Waals surface area contributed by atoms with Gasteiger partial charge >= 0.3 is 0 Å². The first-order valence-electron chi connectivity index (χ1n) is 7.95. The number of ketones is 1. The Morgan fingerprint density at radius 2 is 1.62 bits per heavy atom. The Bertz CT molecular complexity index is 892. The van der Waals surface area contributed by atoms with E-state index in [1.807, 2.05) is 0 Å². The Kier molecular flexibility index (Phi) is 5.24. The van der Waals surface area contributed by atoms with Crippen molar-refractivity contribution in [3.8, 4) is 5.75 Å². The number of nitrogens with two attached hydrogens (primary N) is 1. The van der Waals surface area contributed by atoms with E-state index < -0.39 is 0 Å². The van der Waals surface area contributed by atoms with Crippen molar-refractivity contribution in [2.24, 2.45) is 0 Å². The minimum atomic E-state index is -0.292. The van der Waals surface area contributed by atoms with Crippen LogP contribution >= 0.6 is 0 Å². The highest BCUT2D eigenvalue weighted by molar-refractivity contribution is 6.09. The fourth-order valence-corrected chi connectivity index (χ4v) is 2.29. The molecule has 1 aromatic heterocycles. The lowest BCUT2D eigenvalue weighted by atomic mass is 10.0. The maximum absolute atomic E-state index is 12.4. The number of ether oxygens (including phenoxy) is 1. The van der Waals surface area contributed by atoms with Crippen LogP contribution in [0.1, 0.15) is 15.9 Å². The third-order valence-electron chi connectivity index (χ3n) is 3.60. The summed E-state index contributed by atoms with van der Waals surface area (Å²) >= 11 is 0. The molecule has 0 saturated carbocycles. The second kappa shape index (κ2) is 7.94. The highest BCUT2D eigenvalue weighted by Crippen LogP contribution is 2.16. The number of pyridine rings is 1. The van der Waals surface area contributed by atoms with Gasteiger partial charge in [0.1, 0.15) is 5.75 Å². The van der Waals surface area contributed by atoms with Crippen LogP contribution in [0.5, 0.6) is 5.75 Å². The van der Waals surface area contributed by atoms with Gasteiger partial charge in [-0.05, 0) is 60.7 Å². The summed E-state index contributed by atoms with van der Waals surface area (Å²) in [5.74, 6) is 0.103. The molecule has 0 spiro atoms. The smallest absolute Gasteiger partial charge is 0.262 e. The molecule has 130 valence electrons. The normalized spacial score (nSPS) is 10.2. The van der Waals surface area contributed by atoms with E-state index in [1.54, 1.807) is 73.1 Å². The average molecular weight is 347 g/mol. The maximum Gasteiger partial charge on any atom is 0.262 e. The number of rotatable bonds is 6. The van der Waals surface area contributed by atoms with E-state index in [1.165, 1.54) is 0 Å². The Labute approximate surface area is 150 Å². The summed E-state index contributed by atoms with van der Waals surface area (Å²) in [6.07, 6.45) is 3.18. The first kappa shape index (κ1) is 17.2. The van der Waals surface area contributed by atoms with Gasteiger partial charge in [-0.1, -0.05) is 0 Å². The number of nitrogen functional groups attached to an aromatic ring is 1. The number of hydrogen-bond donors (Lipinski definition) is 2. The number of carbonyl (C=O) groups excluding carboxylic acids is 2. The Balaban J connectivity index is 1.56. The van der Waals surface area contributed by atoms with E-state index in [2.05, 4.69) is 10.3 Å². The molecule has 1 heterocycles. The van der Waals surface area contributed by atoms with Crippen LogP contribution in [0.3, 0.4) is 0 Å². The first-order chi connectivity index (χ1) is 12.6. The molecule has 0 saturated heterocycles. The number of benzene rings is 2. The zero-order valence-corrected chi connectivity index (χ0v) is 13.9. The highest BCUT2D eigenvalue weighted by Gasteiger charge is 2.09. The third-order valence-corrected chi connectivity index (χ3v) is 3.60. The molecule has 6 heteroatoms. The molecule has 6 nitrogen and oxygen atoms in total. The van der Waals surface area contributed by atoms with Crippen LogP contribution in [-0.2, 0) is 4.79 Å². The molecule has 0 atom stereocenters. The summed E-state index contributed by atoms with van der Waals surface area (Å²) in [5, 5.41) is 2.68. The molecule has 0 aliphatic carbocycles. The monoisotopic (exact) mass is 347 g/mol. The Morgan fingerprint density at radius 3 is 2.23 bits per heavy atom. The molecule has 1 amide bonds. The Hall–Kier alpha value is -3.67. The van der Waals surface area contributed by atoms with Crippen LogP contribution < -0.4 is 15.8 Å². The summed E-state index contributed by atoms with van der Waals surface area (Å²) in [4.78, 5) is 28.1. The zero-order valence-electron chi connectivity index (χ0n) is 13.9. The van der Waals surface area contributed by atoms with E-state index in [9.17, 15) is 9.59 Å². The van der Waals surface area contributed by atoms with E-state index in [-0.39, 0.29) is 18.3 Å². The van der Waals surface area contributed by atoms with Crippen LogP contribution in [0, 0.1) is 0 Å². The minimum absolute atomic E-state index is 0.106. The molecule has 0 bridgehead atoms. The maximum atomic E-state index is 12.4. The molecule has 0 unspecified atom stereocenters. The zero-order chi connectivity index (χ0) is 18.4. The Morgan fingerprint density at radius 1 is 0.962 bits per heavy atom. The van der Waals surface area contributed by atoms with Crippen molar-refractivity contribution < 1.29 is 14.3 Å². The molecule has 0 fully saturated rings. The quantitative estimate of drug-likeness (QED) is 0.528. The summed E-state index contributed by atoms with van der Waals surface area (Å²) in [6, 6.07) is 16.8. The molecule has 0 radical (unpaired) electrons. The third kappa shape index (κ3) is 4.45. The molecule has 3 rings (SSSR count). The fourth-order valence-electron chi connectivity index (χ4n) is 2.29. The van der Waals surface area contributed by atoms with Crippen molar-refractivity contribution in [2.45, 2.75) is 0 Å². The molecular formula is C20H17N3O3. The number of nitrogens with one attached hydrogen (secondary N) is 1. The van der Waals surface area contributed by atoms with Gasteiger partial charge in [-0.25, -0.2) is 0 Å². The molecule has 3 N–H and O–H groups in total. The summed E-state index contributed by atoms with van der Waals surface area (Å²) < 4.78 is 5.44. The molecule has 3 aromatic rings. The lowest BCUT2D eigenvalue weighted by molar-refractivity contribution is -0.118. The van der Waals surface area contributed by atoms with Crippen LogP contribution in [0.2, 0.25) is 0 Å². The lowest BCUT2D eigenvalue weighted by Crippen LogP contribution is -2.20. The van der Waals surface area contributed by atoms with E-state index in [0.717, 1.165) is 0 Å². The van der Waals surface area contributed by atoms with Crippen LogP contribution in [0.4, 0.5) is 11.4 Å². The standard InChI is InChI=1S/C20H17N3O3/c21-16-7-3-14(4-8-16)20(25)15-5-9-18(10-6-15)26-13-19(24)23-17-2-1-11-22-12-17/h1-12H,13,21H2,(H,23,24). The van der Waals surface area contributed by atoms with Gasteiger partial charge in [-0.2, -0.15) is 0 Å². The topological polar surface area (TPSA) is 94.3 Å². The summed E-state index contributed by atoms with van der Waals surface area (Å²) in [6.45, 7) is -0.139. The van der Waals surface area contributed by atoms with Crippen molar-refractivity contribution in [3.63, 3.8) is 0 Å². The van der Waals surface area contributed by atoms with Crippen molar-refractivity contribution >= 4 is 23.1 Å². The second-order valence-corrected chi connectivity index (χ2v) is 5.55. The summed E-state index contributed by atoms with van der Waals surface area (Å²) in [7, 11) is 0. The first-order valence-corrected chi connectivity index (χ1v) is 7.95. The predicted octanol–water partition coefficient (Wildman–Crippen LogP) is 2.91. The number of hydrogen-bond acceptors (Lipinski definition) is 5. The molecule has 2 aromatic carbocycles. The van der Waals surface area contributed by atoms with Gasteiger partial charge < -0.3 is 15.8 Å². The molecular weight excluding hydrogens is 330 g/mol. The van der Waals surface area contributed by atoms with Crippen LogP contribution in [-0.4, -0.2) is 23.3 Å². The van der Waals surface area contributed by atoms with Crippen molar-refractivity contribution in [3.05, 3.63) is 84.2 Å². The van der Waals surface area contributed by atoms with Gasteiger partial charge in [0.25, 0.3) is 5.91 Å². The largest absolute Gasteiger partial charge is 0.484 e. The number of nitrogens with zero attached hydrogens (tertiary/aromatic N) is 1. The van der Waals surface area contributed by atoms with Gasteiger partial charge in [-0.15, -0.1) is 0 Å². The van der Waals surface area contributed by atoms with Gasteiger partial charge in [-0.3, -0.25) is 14.6 Å². The van der Waals surface area contributed by atoms with E-state index in [0.29, 0.717) is 28.3 Å². The predicted molar refractivity (Wildman–Crippen MR) is 99.1 cm³/mol. The minimum Gasteiger partial charge on any atom is -0.484 e. The number of aromatic nitrogens is 1.